The standard InChI is InChI=1S/C12H17N3O/c1-2-8-3-7(1)4-10(8)11-14-12(16-15-11)9-5-13-6-9/h7-10,13H,1-6H2. The molecule has 0 aromatic carbocycles. The molecule has 1 N–H and O–H groups in total. The minimum atomic E-state index is 0.472. The molecule has 0 radical (unpaired) electrons. The molecule has 1 saturated heterocycles. The summed E-state index contributed by atoms with van der Waals surface area (Å²) in [5.74, 6) is 4.71. The first kappa shape index (κ1) is 9.16. The smallest absolute Gasteiger partial charge is 0.232 e. The fourth-order valence-corrected chi connectivity index (χ4v) is 3.59. The normalized spacial score (nSPS) is 37.9. The molecule has 2 saturated carbocycles. The Morgan fingerprint density at radius 3 is 2.75 bits per heavy atom. The van der Waals surface area contributed by atoms with Gasteiger partial charge in [0.15, 0.2) is 5.82 Å². The van der Waals surface area contributed by atoms with Crippen LogP contribution in [0.1, 0.15) is 49.2 Å². The van der Waals surface area contributed by atoms with Crippen molar-refractivity contribution in [3.8, 4) is 0 Å². The van der Waals surface area contributed by atoms with Gasteiger partial charge in [0.1, 0.15) is 0 Å². The van der Waals surface area contributed by atoms with Crippen LogP contribution < -0.4 is 5.32 Å². The molecule has 3 fully saturated rings. The Morgan fingerprint density at radius 1 is 1.19 bits per heavy atom. The van der Waals surface area contributed by atoms with E-state index in [-0.39, 0.29) is 0 Å². The molecule has 4 nitrogen and oxygen atoms in total. The highest BCUT2D eigenvalue weighted by atomic mass is 16.5. The van der Waals surface area contributed by atoms with E-state index in [0.29, 0.717) is 11.8 Å². The second kappa shape index (κ2) is 3.29. The first-order valence-electron chi connectivity index (χ1n) is 6.44. The summed E-state index contributed by atoms with van der Waals surface area (Å²) >= 11 is 0. The van der Waals surface area contributed by atoms with Crippen LogP contribution in [0.3, 0.4) is 0 Å². The Hall–Kier alpha value is -0.900. The van der Waals surface area contributed by atoms with Crippen molar-refractivity contribution in [2.24, 2.45) is 11.8 Å². The summed E-state index contributed by atoms with van der Waals surface area (Å²) in [5, 5.41) is 7.44. The van der Waals surface area contributed by atoms with Gasteiger partial charge in [-0.15, -0.1) is 0 Å². The average Bonchev–Trinajstić information content (AvgIpc) is 2.88. The third kappa shape index (κ3) is 1.25. The molecule has 16 heavy (non-hydrogen) atoms. The van der Waals surface area contributed by atoms with Crippen LogP contribution >= 0.6 is 0 Å². The Bertz CT molecular complexity index is 399. The molecule has 3 atom stereocenters. The van der Waals surface area contributed by atoms with E-state index >= 15 is 0 Å². The molecule has 0 amide bonds. The average molecular weight is 219 g/mol. The van der Waals surface area contributed by atoms with E-state index in [2.05, 4.69) is 15.5 Å². The molecule has 1 aliphatic heterocycles. The van der Waals surface area contributed by atoms with Gasteiger partial charge in [0.05, 0.1) is 5.92 Å². The van der Waals surface area contributed by atoms with E-state index < -0.39 is 0 Å². The van der Waals surface area contributed by atoms with Crippen LogP contribution in [0.25, 0.3) is 0 Å². The lowest BCUT2D eigenvalue weighted by Gasteiger charge is -2.23. The minimum absolute atomic E-state index is 0.472. The van der Waals surface area contributed by atoms with Gasteiger partial charge in [-0.3, -0.25) is 0 Å². The van der Waals surface area contributed by atoms with Crippen LogP contribution in [0.15, 0.2) is 4.52 Å². The molecule has 2 bridgehead atoms. The van der Waals surface area contributed by atoms with Crippen molar-refractivity contribution in [2.45, 2.75) is 37.5 Å². The first-order valence-corrected chi connectivity index (χ1v) is 6.44. The summed E-state index contributed by atoms with van der Waals surface area (Å²) in [6, 6.07) is 0. The van der Waals surface area contributed by atoms with Crippen LogP contribution in [0.2, 0.25) is 0 Å². The van der Waals surface area contributed by atoms with E-state index in [1.165, 1.54) is 25.7 Å². The van der Waals surface area contributed by atoms with Crippen LogP contribution in [-0.4, -0.2) is 23.2 Å². The van der Waals surface area contributed by atoms with Gasteiger partial charge in [-0.05, 0) is 31.1 Å². The highest BCUT2D eigenvalue weighted by molar-refractivity contribution is 5.09. The molecular formula is C12H17N3O. The minimum Gasteiger partial charge on any atom is -0.339 e. The quantitative estimate of drug-likeness (QED) is 0.822. The number of nitrogens with zero attached hydrogens (tertiary/aromatic N) is 2. The molecule has 4 rings (SSSR count). The molecule has 3 unspecified atom stereocenters. The fourth-order valence-electron chi connectivity index (χ4n) is 3.59. The van der Waals surface area contributed by atoms with E-state index in [1.807, 2.05) is 0 Å². The zero-order chi connectivity index (χ0) is 10.5. The second-order valence-corrected chi connectivity index (χ2v) is 5.63. The van der Waals surface area contributed by atoms with Crippen molar-refractivity contribution in [1.29, 1.82) is 0 Å². The summed E-state index contributed by atoms with van der Waals surface area (Å²) in [4.78, 5) is 4.62. The van der Waals surface area contributed by atoms with Crippen molar-refractivity contribution in [2.75, 3.05) is 13.1 Å². The lowest BCUT2D eigenvalue weighted by molar-refractivity contribution is 0.302. The molecule has 2 heterocycles. The molecule has 0 spiro atoms. The number of aromatic nitrogens is 2. The predicted octanol–water partition coefficient (Wildman–Crippen LogP) is 1.66. The Balaban J connectivity index is 1.56. The Kier molecular flexibility index (Phi) is 1.89. The molecule has 1 aromatic rings. The molecule has 1 aromatic heterocycles. The third-order valence-electron chi connectivity index (χ3n) is 4.66. The number of hydrogen-bond acceptors (Lipinski definition) is 4. The van der Waals surface area contributed by atoms with Gasteiger partial charge in [-0.1, -0.05) is 11.6 Å². The van der Waals surface area contributed by atoms with Gasteiger partial charge in [0, 0.05) is 19.0 Å². The van der Waals surface area contributed by atoms with Gasteiger partial charge < -0.3 is 9.84 Å². The number of hydrogen-bond donors (Lipinski definition) is 1. The van der Waals surface area contributed by atoms with Crippen LogP contribution in [0.4, 0.5) is 0 Å². The highest BCUT2D eigenvalue weighted by Crippen LogP contribution is 2.52. The van der Waals surface area contributed by atoms with Crippen molar-refractivity contribution < 1.29 is 4.52 Å². The summed E-state index contributed by atoms with van der Waals surface area (Å²) in [6.07, 6.45) is 5.51. The van der Waals surface area contributed by atoms with Gasteiger partial charge in [0.25, 0.3) is 0 Å². The van der Waals surface area contributed by atoms with E-state index in [4.69, 9.17) is 4.52 Å². The van der Waals surface area contributed by atoms with Gasteiger partial charge in [-0.2, -0.15) is 4.98 Å². The van der Waals surface area contributed by atoms with E-state index in [9.17, 15) is 0 Å². The summed E-state index contributed by atoms with van der Waals surface area (Å²) in [7, 11) is 0. The summed E-state index contributed by atoms with van der Waals surface area (Å²) in [5.41, 5.74) is 0. The maximum Gasteiger partial charge on any atom is 0.232 e. The number of fused-ring (bicyclic) bond motifs is 2. The van der Waals surface area contributed by atoms with Crippen LogP contribution in [0.5, 0.6) is 0 Å². The zero-order valence-corrected chi connectivity index (χ0v) is 9.35. The maximum atomic E-state index is 5.39. The number of rotatable bonds is 2. The van der Waals surface area contributed by atoms with Crippen molar-refractivity contribution >= 4 is 0 Å². The van der Waals surface area contributed by atoms with Crippen LogP contribution in [-0.2, 0) is 0 Å². The molecule has 86 valence electrons. The topological polar surface area (TPSA) is 51.0 Å². The summed E-state index contributed by atoms with van der Waals surface area (Å²) in [6.45, 7) is 2.00. The molecule has 3 aliphatic rings. The molecule has 2 aliphatic carbocycles. The predicted molar refractivity (Wildman–Crippen MR) is 58.1 cm³/mol. The Morgan fingerprint density at radius 2 is 2.12 bits per heavy atom. The zero-order valence-electron chi connectivity index (χ0n) is 9.35. The van der Waals surface area contributed by atoms with Crippen molar-refractivity contribution in [3.63, 3.8) is 0 Å². The largest absolute Gasteiger partial charge is 0.339 e. The van der Waals surface area contributed by atoms with Crippen molar-refractivity contribution in [1.82, 2.24) is 15.5 Å². The van der Waals surface area contributed by atoms with Gasteiger partial charge >= 0.3 is 0 Å². The summed E-state index contributed by atoms with van der Waals surface area (Å²) < 4.78 is 5.39. The van der Waals surface area contributed by atoms with Crippen LogP contribution in [0, 0.1) is 11.8 Å². The SMILES string of the molecule is C1CC2CC1CC2c1noc(C2CNC2)n1. The van der Waals surface area contributed by atoms with E-state index in [0.717, 1.165) is 36.6 Å². The van der Waals surface area contributed by atoms with E-state index in [1.54, 1.807) is 0 Å². The fraction of sp³-hybridized carbons (Fsp3) is 0.833. The maximum absolute atomic E-state index is 5.39. The van der Waals surface area contributed by atoms with Gasteiger partial charge in [-0.25, -0.2) is 0 Å². The third-order valence-corrected chi connectivity index (χ3v) is 4.66. The molecule has 4 heteroatoms. The Labute approximate surface area is 94.8 Å². The highest BCUT2D eigenvalue weighted by Gasteiger charge is 2.42. The molecular weight excluding hydrogens is 202 g/mol. The lowest BCUT2D eigenvalue weighted by Crippen LogP contribution is -2.40. The monoisotopic (exact) mass is 219 g/mol. The van der Waals surface area contributed by atoms with Gasteiger partial charge in [0.2, 0.25) is 5.89 Å². The lowest BCUT2D eigenvalue weighted by atomic mass is 9.88. The first-order chi connectivity index (χ1) is 7.90. The van der Waals surface area contributed by atoms with Crippen molar-refractivity contribution in [3.05, 3.63) is 11.7 Å². The number of nitrogens with one attached hydrogen (secondary N) is 1. The second-order valence-electron chi connectivity index (χ2n) is 5.63.